The number of rotatable bonds is 6. The van der Waals surface area contributed by atoms with Gasteiger partial charge in [0.2, 0.25) is 11.7 Å². The summed E-state index contributed by atoms with van der Waals surface area (Å²) in [5.74, 6) is -1.95. The van der Waals surface area contributed by atoms with E-state index in [1.165, 1.54) is 6.07 Å². The predicted octanol–water partition coefficient (Wildman–Crippen LogP) is 2.11. The van der Waals surface area contributed by atoms with E-state index in [2.05, 4.69) is 5.32 Å². The van der Waals surface area contributed by atoms with E-state index in [1.54, 1.807) is 39.0 Å². The predicted molar refractivity (Wildman–Crippen MR) is 108 cm³/mol. The standard InChI is InChI=1S/C21H25N3O6/c1-21(2,3)30-17(25)9-13-7-14(24-19(13)26)10-28-20(27)16-8-12-6-11(18(22)23)4-5-15(12)29-16/h4-6,8,13-14H,7,9-10H2,1-3H3,(H3,22,23)(H,24,26)/t13-,14-/m0/s1. The molecule has 0 spiro atoms. The third kappa shape index (κ3) is 5.16. The van der Waals surface area contributed by atoms with Gasteiger partial charge in [-0.3, -0.25) is 15.0 Å². The Kier molecular flexibility index (Phi) is 5.82. The first-order valence-corrected chi connectivity index (χ1v) is 9.59. The summed E-state index contributed by atoms with van der Waals surface area (Å²) in [7, 11) is 0. The SMILES string of the molecule is CC(C)(C)OC(=O)C[C@@H]1C[C@@H](COC(=O)c2cc3cc(C(=N)N)ccc3o2)NC1=O. The van der Waals surface area contributed by atoms with Crippen molar-refractivity contribution in [3.05, 3.63) is 35.6 Å². The Morgan fingerprint density at radius 1 is 1.30 bits per heavy atom. The number of nitrogens with two attached hydrogens (primary N) is 1. The van der Waals surface area contributed by atoms with Crippen molar-refractivity contribution in [1.82, 2.24) is 5.32 Å². The van der Waals surface area contributed by atoms with Crippen molar-refractivity contribution < 1.29 is 28.3 Å². The highest BCUT2D eigenvalue weighted by Gasteiger charge is 2.35. The van der Waals surface area contributed by atoms with Crippen LogP contribution >= 0.6 is 0 Å². The quantitative estimate of drug-likeness (QED) is 0.372. The third-order valence-electron chi connectivity index (χ3n) is 4.56. The summed E-state index contributed by atoms with van der Waals surface area (Å²) >= 11 is 0. The Labute approximate surface area is 173 Å². The Morgan fingerprint density at radius 3 is 2.70 bits per heavy atom. The van der Waals surface area contributed by atoms with E-state index in [4.69, 9.17) is 25.0 Å². The molecule has 1 aliphatic heterocycles. The van der Waals surface area contributed by atoms with E-state index in [9.17, 15) is 14.4 Å². The van der Waals surface area contributed by atoms with Gasteiger partial charge in [-0.05, 0) is 51.5 Å². The minimum Gasteiger partial charge on any atom is -0.460 e. The van der Waals surface area contributed by atoms with Crippen LogP contribution in [0.2, 0.25) is 0 Å². The summed E-state index contributed by atoms with van der Waals surface area (Å²) in [6, 6.07) is 6.03. The van der Waals surface area contributed by atoms with Gasteiger partial charge in [-0.15, -0.1) is 0 Å². The maximum absolute atomic E-state index is 12.3. The van der Waals surface area contributed by atoms with Crippen LogP contribution in [-0.4, -0.2) is 41.9 Å². The van der Waals surface area contributed by atoms with E-state index in [0.717, 1.165) is 0 Å². The molecule has 1 saturated heterocycles. The van der Waals surface area contributed by atoms with Gasteiger partial charge in [0, 0.05) is 10.9 Å². The van der Waals surface area contributed by atoms with Crippen molar-refractivity contribution in [3.63, 3.8) is 0 Å². The fraction of sp³-hybridized carbons (Fsp3) is 0.429. The van der Waals surface area contributed by atoms with Gasteiger partial charge in [-0.1, -0.05) is 0 Å². The zero-order chi connectivity index (χ0) is 22.1. The molecular weight excluding hydrogens is 390 g/mol. The molecule has 0 bridgehead atoms. The highest BCUT2D eigenvalue weighted by Crippen LogP contribution is 2.23. The minimum atomic E-state index is -0.666. The molecule has 1 fully saturated rings. The van der Waals surface area contributed by atoms with Crippen molar-refractivity contribution >= 4 is 34.7 Å². The van der Waals surface area contributed by atoms with E-state index < -0.39 is 23.5 Å². The molecule has 2 atom stereocenters. The molecule has 3 rings (SSSR count). The largest absolute Gasteiger partial charge is 0.460 e. The van der Waals surface area contributed by atoms with Crippen molar-refractivity contribution in [2.75, 3.05) is 6.61 Å². The topological polar surface area (TPSA) is 145 Å². The molecule has 0 aliphatic carbocycles. The fourth-order valence-electron chi connectivity index (χ4n) is 3.26. The number of esters is 2. The molecule has 1 amide bonds. The molecule has 0 radical (unpaired) electrons. The highest BCUT2D eigenvalue weighted by molar-refractivity contribution is 6.00. The van der Waals surface area contributed by atoms with E-state index in [1.807, 2.05) is 0 Å². The Morgan fingerprint density at radius 2 is 2.03 bits per heavy atom. The second-order valence-electron chi connectivity index (χ2n) is 8.30. The van der Waals surface area contributed by atoms with Gasteiger partial charge in [-0.25, -0.2) is 4.79 Å². The first-order valence-electron chi connectivity index (χ1n) is 9.59. The number of furan rings is 1. The molecule has 9 nitrogen and oxygen atoms in total. The monoisotopic (exact) mass is 415 g/mol. The van der Waals surface area contributed by atoms with Crippen molar-refractivity contribution in [2.24, 2.45) is 11.7 Å². The third-order valence-corrected chi connectivity index (χ3v) is 4.56. The number of amides is 1. The number of nitrogen functional groups attached to an aromatic ring is 1. The van der Waals surface area contributed by atoms with Crippen molar-refractivity contribution in [2.45, 2.75) is 45.3 Å². The van der Waals surface area contributed by atoms with Gasteiger partial charge in [0.1, 0.15) is 23.6 Å². The number of hydrogen-bond donors (Lipinski definition) is 3. The summed E-state index contributed by atoms with van der Waals surface area (Å²) in [5, 5.41) is 10.8. The Balaban J connectivity index is 1.55. The van der Waals surface area contributed by atoms with E-state index in [-0.39, 0.29) is 36.6 Å². The Bertz CT molecular complexity index is 1000. The number of amidine groups is 1. The molecule has 0 unspecified atom stereocenters. The molecule has 0 saturated carbocycles. The van der Waals surface area contributed by atoms with Crippen LogP contribution in [0.4, 0.5) is 0 Å². The van der Waals surface area contributed by atoms with Crippen LogP contribution in [0.3, 0.4) is 0 Å². The molecule has 30 heavy (non-hydrogen) atoms. The van der Waals surface area contributed by atoms with Gasteiger partial charge in [0.25, 0.3) is 0 Å². The lowest BCUT2D eigenvalue weighted by Crippen LogP contribution is -2.31. The molecule has 1 aliphatic rings. The number of nitrogens with one attached hydrogen (secondary N) is 2. The average molecular weight is 415 g/mol. The number of carbonyl (C=O) groups excluding carboxylic acids is 3. The minimum absolute atomic E-state index is 0.0142. The van der Waals surface area contributed by atoms with Crippen LogP contribution in [0.25, 0.3) is 11.0 Å². The van der Waals surface area contributed by atoms with Crippen molar-refractivity contribution in [1.29, 1.82) is 5.41 Å². The summed E-state index contributed by atoms with van der Waals surface area (Å²) in [4.78, 5) is 36.4. The van der Waals surface area contributed by atoms with Gasteiger partial charge in [0.15, 0.2) is 0 Å². The second kappa shape index (κ2) is 8.17. The fourth-order valence-corrected chi connectivity index (χ4v) is 3.26. The summed E-state index contributed by atoms with van der Waals surface area (Å²) in [5.41, 5.74) is 5.85. The molecule has 9 heteroatoms. The zero-order valence-electron chi connectivity index (χ0n) is 17.1. The van der Waals surface area contributed by atoms with Crippen LogP contribution < -0.4 is 11.1 Å². The maximum Gasteiger partial charge on any atom is 0.374 e. The number of benzene rings is 1. The summed E-state index contributed by atoms with van der Waals surface area (Å²) < 4.78 is 16.0. The maximum atomic E-state index is 12.3. The summed E-state index contributed by atoms with van der Waals surface area (Å²) in [6.45, 7) is 5.26. The lowest BCUT2D eigenvalue weighted by Gasteiger charge is -2.20. The van der Waals surface area contributed by atoms with Crippen LogP contribution in [0, 0.1) is 11.3 Å². The first kappa shape index (κ1) is 21.4. The molecular formula is C21H25N3O6. The molecule has 2 aromatic rings. The van der Waals surface area contributed by atoms with Crippen LogP contribution in [0.15, 0.2) is 28.7 Å². The van der Waals surface area contributed by atoms with Crippen molar-refractivity contribution in [3.8, 4) is 0 Å². The van der Waals surface area contributed by atoms with Gasteiger partial charge < -0.3 is 24.9 Å². The van der Waals surface area contributed by atoms with Crippen LogP contribution in [0.1, 0.15) is 49.7 Å². The normalized spacial score (nSPS) is 18.8. The van der Waals surface area contributed by atoms with Gasteiger partial charge >= 0.3 is 11.9 Å². The van der Waals surface area contributed by atoms with Crippen LogP contribution in [0.5, 0.6) is 0 Å². The van der Waals surface area contributed by atoms with Crippen LogP contribution in [-0.2, 0) is 19.1 Å². The van der Waals surface area contributed by atoms with Gasteiger partial charge in [0.05, 0.1) is 18.4 Å². The molecule has 1 aromatic heterocycles. The molecule has 1 aromatic carbocycles. The first-order chi connectivity index (χ1) is 14.0. The van der Waals surface area contributed by atoms with E-state index >= 15 is 0 Å². The second-order valence-corrected chi connectivity index (χ2v) is 8.30. The Hall–Kier alpha value is -3.36. The average Bonchev–Trinajstić information content (AvgIpc) is 3.21. The lowest BCUT2D eigenvalue weighted by molar-refractivity contribution is -0.157. The highest BCUT2D eigenvalue weighted by atomic mass is 16.6. The summed E-state index contributed by atoms with van der Waals surface area (Å²) in [6.07, 6.45) is 0.350. The lowest BCUT2D eigenvalue weighted by atomic mass is 10.0. The van der Waals surface area contributed by atoms with E-state index in [0.29, 0.717) is 23.0 Å². The van der Waals surface area contributed by atoms with Gasteiger partial charge in [-0.2, -0.15) is 0 Å². The molecule has 2 heterocycles. The molecule has 160 valence electrons. The molecule has 4 N–H and O–H groups in total. The number of fused-ring (bicyclic) bond motifs is 1. The number of hydrogen-bond acceptors (Lipinski definition) is 7. The number of ether oxygens (including phenoxy) is 2. The number of carbonyl (C=O) groups is 3. The zero-order valence-corrected chi connectivity index (χ0v) is 17.1. The smallest absolute Gasteiger partial charge is 0.374 e.